The third kappa shape index (κ3) is 3.36. The normalized spacial score (nSPS) is 15.2. The van der Waals surface area contributed by atoms with Crippen LogP contribution in [0.2, 0.25) is 0 Å². The molecule has 1 aliphatic rings. The van der Waals surface area contributed by atoms with Crippen LogP contribution in [0.5, 0.6) is 0 Å². The first-order valence-corrected chi connectivity index (χ1v) is 6.80. The summed E-state index contributed by atoms with van der Waals surface area (Å²) < 4.78 is 6.81. The highest BCUT2D eigenvalue weighted by Gasteiger charge is 2.19. The van der Waals surface area contributed by atoms with Gasteiger partial charge in [0.05, 0.1) is 25.5 Å². The Hall–Kier alpha value is -1.89. The maximum Gasteiger partial charge on any atom is 0.269 e. The van der Waals surface area contributed by atoms with Crippen LogP contribution in [-0.4, -0.2) is 59.3 Å². The summed E-state index contributed by atoms with van der Waals surface area (Å²) in [7, 11) is 0. The van der Waals surface area contributed by atoms with Crippen molar-refractivity contribution in [2.24, 2.45) is 0 Å². The number of ether oxygens (including phenoxy) is 1. The average molecular weight is 280 g/mol. The number of carbonyl (C=O) groups excluding carboxylic acids is 2. The number of nitrogens with one attached hydrogen (secondary N) is 1. The van der Waals surface area contributed by atoms with E-state index in [1.165, 1.54) is 0 Å². The van der Waals surface area contributed by atoms with Crippen LogP contribution in [-0.2, 0) is 16.1 Å². The Morgan fingerprint density at radius 3 is 2.75 bits per heavy atom. The van der Waals surface area contributed by atoms with Gasteiger partial charge in [0.15, 0.2) is 0 Å². The molecule has 0 radical (unpaired) electrons. The summed E-state index contributed by atoms with van der Waals surface area (Å²) in [6, 6.07) is 1.72. The van der Waals surface area contributed by atoms with Gasteiger partial charge in [0, 0.05) is 19.6 Å². The maximum absolute atomic E-state index is 12.1. The zero-order valence-corrected chi connectivity index (χ0v) is 11.9. The fourth-order valence-electron chi connectivity index (χ4n) is 2.14. The lowest BCUT2D eigenvalue weighted by molar-refractivity contribution is -0.134. The molecule has 110 valence electrons. The number of nitrogens with zero attached hydrogens (tertiary/aromatic N) is 3. The van der Waals surface area contributed by atoms with Gasteiger partial charge in [-0.25, -0.2) is 0 Å². The molecular formula is C13H20N4O3. The molecule has 0 aromatic carbocycles. The summed E-state index contributed by atoms with van der Waals surface area (Å²) in [5.41, 5.74) is 1.27. The van der Waals surface area contributed by atoms with E-state index in [0.717, 1.165) is 5.69 Å². The predicted molar refractivity (Wildman–Crippen MR) is 72.4 cm³/mol. The van der Waals surface area contributed by atoms with Gasteiger partial charge in [-0.05, 0) is 19.9 Å². The molecule has 0 unspecified atom stereocenters. The number of aryl methyl sites for hydroxylation is 2. The highest BCUT2D eigenvalue weighted by Crippen LogP contribution is 2.04. The molecule has 7 nitrogen and oxygen atoms in total. The summed E-state index contributed by atoms with van der Waals surface area (Å²) in [4.78, 5) is 25.7. The van der Waals surface area contributed by atoms with E-state index in [2.05, 4.69) is 10.4 Å². The lowest BCUT2D eigenvalue weighted by Gasteiger charge is -2.26. The third-order valence-electron chi connectivity index (χ3n) is 3.20. The largest absolute Gasteiger partial charge is 0.378 e. The Labute approximate surface area is 117 Å². The van der Waals surface area contributed by atoms with Crippen LogP contribution < -0.4 is 5.32 Å². The zero-order chi connectivity index (χ0) is 14.5. The second-order valence-electron chi connectivity index (χ2n) is 4.66. The first-order valence-electron chi connectivity index (χ1n) is 6.80. The van der Waals surface area contributed by atoms with Gasteiger partial charge in [-0.1, -0.05) is 0 Å². The average Bonchev–Trinajstić information content (AvgIpc) is 2.86. The van der Waals surface area contributed by atoms with Crippen molar-refractivity contribution < 1.29 is 14.3 Å². The van der Waals surface area contributed by atoms with E-state index < -0.39 is 0 Å². The second kappa shape index (κ2) is 6.51. The molecule has 7 heteroatoms. The molecule has 2 rings (SSSR count). The predicted octanol–water partition coefficient (Wildman–Crippen LogP) is -0.200. The van der Waals surface area contributed by atoms with Crippen LogP contribution >= 0.6 is 0 Å². The fourth-order valence-corrected chi connectivity index (χ4v) is 2.14. The van der Waals surface area contributed by atoms with Gasteiger partial charge in [-0.3, -0.25) is 14.3 Å². The lowest BCUT2D eigenvalue weighted by Crippen LogP contribution is -2.45. The van der Waals surface area contributed by atoms with Crippen LogP contribution in [0.25, 0.3) is 0 Å². The second-order valence-corrected chi connectivity index (χ2v) is 4.66. The molecule has 0 bridgehead atoms. The van der Waals surface area contributed by atoms with Crippen molar-refractivity contribution in [2.45, 2.75) is 20.4 Å². The van der Waals surface area contributed by atoms with Gasteiger partial charge in [0.25, 0.3) is 5.91 Å². The summed E-state index contributed by atoms with van der Waals surface area (Å²) in [5, 5.41) is 6.86. The molecular weight excluding hydrogens is 260 g/mol. The molecule has 0 spiro atoms. The van der Waals surface area contributed by atoms with Gasteiger partial charge < -0.3 is 15.0 Å². The van der Waals surface area contributed by atoms with E-state index in [9.17, 15) is 9.59 Å². The number of aromatic nitrogens is 2. The SMILES string of the molecule is CCn1nc(C)cc1C(=O)NCC(=O)N1CCOCC1. The van der Waals surface area contributed by atoms with Crippen LogP contribution in [0, 0.1) is 6.92 Å². The van der Waals surface area contributed by atoms with E-state index in [-0.39, 0.29) is 18.4 Å². The van der Waals surface area contributed by atoms with Crippen molar-refractivity contribution in [1.82, 2.24) is 20.0 Å². The third-order valence-corrected chi connectivity index (χ3v) is 3.20. The number of rotatable bonds is 4. The fraction of sp³-hybridized carbons (Fsp3) is 0.615. The monoisotopic (exact) mass is 280 g/mol. The van der Waals surface area contributed by atoms with Crippen LogP contribution in [0.15, 0.2) is 6.07 Å². The molecule has 1 N–H and O–H groups in total. The molecule has 20 heavy (non-hydrogen) atoms. The minimum Gasteiger partial charge on any atom is -0.378 e. The minimum absolute atomic E-state index is 0.00672. The molecule has 0 atom stereocenters. The summed E-state index contributed by atoms with van der Waals surface area (Å²) in [6.45, 7) is 6.66. The highest BCUT2D eigenvalue weighted by molar-refractivity contribution is 5.95. The van der Waals surface area contributed by atoms with Crippen molar-refractivity contribution in [3.05, 3.63) is 17.5 Å². The van der Waals surface area contributed by atoms with Gasteiger partial charge in [0.1, 0.15) is 5.69 Å². The molecule has 2 amide bonds. The van der Waals surface area contributed by atoms with Crippen LogP contribution in [0.1, 0.15) is 23.1 Å². The zero-order valence-electron chi connectivity index (χ0n) is 11.9. The van der Waals surface area contributed by atoms with E-state index in [1.807, 2.05) is 13.8 Å². The van der Waals surface area contributed by atoms with E-state index >= 15 is 0 Å². The Morgan fingerprint density at radius 1 is 1.40 bits per heavy atom. The highest BCUT2D eigenvalue weighted by atomic mass is 16.5. The number of amides is 2. The van der Waals surface area contributed by atoms with Gasteiger partial charge >= 0.3 is 0 Å². The molecule has 1 saturated heterocycles. The number of carbonyl (C=O) groups is 2. The topological polar surface area (TPSA) is 76.5 Å². The smallest absolute Gasteiger partial charge is 0.269 e. The van der Waals surface area contributed by atoms with Crippen molar-refractivity contribution in [2.75, 3.05) is 32.8 Å². The summed E-state index contributed by atoms with van der Waals surface area (Å²) in [5.74, 6) is -0.352. The quantitative estimate of drug-likeness (QED) is 0.828. The summed E-state index contributed by atoms with van der Waals surface area (Å²) >= 11 is 0. The Kier molecular flexibility index (Phi) is 4.73. The molecule has 0 saturated carbocycles. The van der Waals surface area contributed by atoms with E-state index in [1.54, 1.807) is 15.6 Å². The maximum atomic E-state index is 12.1. The van der Waals surface area contributed by atoms with Crippen molar-refractivity contribution >= 4 is 11.8 Å². The minimum atomic E-state index is -0.269. The number of morpholine rings is 1. The van der Waals surface area contributed by atoms with Crippen LogP contribution in [0.4, 0.5) is 0 Å². The van der Waals surface area contributed by atoms with E-state index in [4.69, 9.17) is 4.74 Å². The lowest BCUT2D eigenvalue weighted by atomic mass is 10.3. The first kappa shape index (κ1) is 14.5. The Bertz CT molecular complexity index is 492. The molecule has 0 aliphatic carbocycles. The van der Waals surface area contributed by atoms with Gasteiger partial charge in [0.2, 0.25) is 5.91 Å². The van der Waals surface area contributed by atoms with Gasteiger partial charge in [-0.2, -0.15) is 5.10 Å². The molecule has 1 aromatic rings. The van der Waals surface area contributed by atoms with Crippen molar-refractivity contribution in [1.29, 1.82) is 0 Å². The molecule has 2 heterocycles. The Morgan fingerprint density at radius 2 is 2.10 bits per heavy atom. The van der Waals surface area contributed by atoms with Gasteiger partial charge in [-0.15, -0.1) is 0 Å². The first-order chi connectivity index (χ1) is 9.61. The number of hydrogen-bond acceptors (Lipinski definition) is 4. The van der Waals surface area contributed by atoms with Crippen molar-refractivity contribution in [3.8, 4) is 0 Å². The summed E-state index contributed by atoms with van der Waals surface area (Å²) in [6.07, 6.45) is 0. The Balaban J connectivity index is 1.89. The standard InChI is InChI=1S/C13H20N4O3/c1-3-17-11(8-10(2)15-17)13(19)14-9-12(18)16-4-6-20-7-5-16/h8H,3-7,9H2,1-2H3,(H,14,19). The van der Waals surface area contributed by atoms with Crippen LogP contribution in [0.3, 0.4) is 0 Å². The molecule has 1 aliphatic heterocycles. The molecule has 1 fully saturated rings. The van der Waals surface area contributed by atoms with Crippen molar-refractivity contribution in [3.63, 3.8) is 0 Å². The van der Waals surface area contributed by atoms with E-state index in [0.29, 0.717) is 38.5 Å². The number of hydrogen-bond donors (Lipinski definition) is 1. The molecule has 1 aromatic heterocycles.